The molecule has 0 aliphatic carbocycles. The molecule has 2 N–H and O–H groups in total. The Morgan fingerprint density at radius 1 is 1.32 bits per heavy atom. The Kier molecular flexibility index (Phi) is 5.20. The van der Waals surface area contributed by atoms with Crippen LogP contribution in [-0.4, -0.2) is 27.3 Å². The maximum absolute atomic E-state index is 12.5. The van der Waals surface area contributed by atoms with Crippen molar-refractivity contribution in [3.63, 3.8) is 0 Å². The summed E-state index contributed by atoms with van der Waals surface area (Å²) in [7, 11) is 0. The highest BCUT2D eigenvalue weighted by Gasteiger charge is 2.17. The van der Waals surface area contributed by atoms with Gasteiger partial charge in [-0.15, -0.1) is 11.3 Å². The van der Waals surface area contributed by atoms with E-state index in [-0.39, 0.29) is 12.5 Å². The van der Waals surface area contributed by atoms with Gasteiger partial charge in [-0.2, -0.15) is 5.10 Å². The van der Waals surface area contributed by atoms with Gasteiger partial charge in [0.05, 0.1) is 16.7 Å². The largest absolute Gasteiger partial charge is 0.387 e. The Hall–Kier alpha value is -2.18. The molecule has 1 atom stereocenters. The molecule has 0 aliphatic rings. The molecule has 0 bridgehead atoms. The monoisotopic (exact) mass is 357 g/mol. The zero-order valence-electron chi connectivity index (χ0n) is 14.7. The Morgan fingerprint density at radius 2 is 2.04 bits per heavy atom. The molecule has 0 radical (unpaired) electrons. The van der Waals surface area contributed by atoms with Gasteiger partial charge in [-0.3, -0.25) is 9.48 Å². The minimum absolute atomic E-state index is 0.160. The van der Waals surface area contributed by atoms with Crippen molar-refractivity contribution in [1.82, 2.24) is 15.1 Å². The zero-order valence-corrected chi connectivity index (χ0v) is 15.5. The molecule has 3 aromatic rings. The predicted octanol–water partition coefficient (Wildman–Crippen LogP) is 3.53. The van der Waals surface area contributed by atoms with E-state index in [2.05, 4.69) is 24.3 Å². The SMILES string of the molecule is Cc1nn(CC(C)C)c2sc(C(=O)NC[C@@H](O)c3ccccc3)cc12. The molecule has 1 aromatic carbocycles. The minimum Gasteiger partial charge on any atom is -0.387 e. The van der Waals surface area contributed by atoms with Gasteiger partial charge in [0.15, 0.2) is 0 Å². The third kappa shape index (κ3) is 3.91. The first-order chi connectivity index (χ1) is 12.0. The summed E-state index contributed by atoms with van der Waals surface area (Å²) in [6, 6.07) is 11.2. The van der Waals surface area contributed by atoms with Crippen LogP contribution in [0.5, 0.6) is 0 Å². The summed E-state index contributed by atoms with van der Waals surface area (Å²) in [6.45, 7) is 7.28. The Balaban J connectivity index is 1.72. The van der Waals surface area contributed by atoms with E-state index in [0.717, 1.165) is 28.0 Å². The molecule has 25 heavy (non-hydrogen) atoms. The summed E-state index contributed by atoms with van der Waals surface area (Å²) in [6.07, 6.45) is -0.710. The van der Waals surface area contributed by atoms with Crippen LogP contribution in [0.1, 0.15) is 40.9 Å². The summed E-state index contributed by atoms with van der Waals surface area (Å²) in [5.74, 6) is 0.328. The third-order valence-corrected chi connectivity index (χ3v) is 5.16. The van der Waals surface area contributed by atoms with E-state index in [1.165, 1.54) is 11.3 Å². The molecule has 6 heteroatoms. The number of benzene rings is 1. The number of aliphatic hydroxyl groups is 1. The van der Waals surface area contributed by atoms with Crippen molar-refractivity contribution in [2.24, 2.45) is 5.92 Å². The molecule has 2 heterocycles. The lowest BCUT2D eigenvalue weighted by Gasteiger charge is -2.11. The molecule has 1 amide bonds. The Morgan fingerprint density at radius 3 is 2.72 bits per heavy atom. The van der Waals surface area contributed by atoms with Crippen molar-refractivity contribution in [3.8, 4) is 0 Å². The average Bonchev–Trinajstić information content (AvgIpc) is 3.15. The fourth-order valence-corrected chi connectivity index (χ4v) is 3.85. The fraction of sp³-hybridized carbons (Fsp3) is 0.368. The quantitative estimate of drug-likeness (QED) is 0.709. The summed E-state index contributed by atoms with van der Waals surface area (Å²) >= 11 is 1.45. The van der Waals surface area contributed by atoms with Gasteiger partial charge in [-0.1, -0.05) is 44.2 Å². The van der Waals surface area contributed by atoms with Crippen LogP contribution in [0.4, 0.5) is 0 Å². The number of fused-ring (bicyclic) bond motifs is 1. The van der Waals surface area contributed by atoms with Gasteiger partial charge in [0, 0.05) is 18.5 Å². The fourth-order valence-electron chi connectivity index (χ4n) is 2.76. The molecule has 0 fully saturated rings. The number of aryl methyl sites for hydroxylation is 1. The Labute approximate surface area is 151 Å². The summed E-state index contributed by atoms with van der Waals surface area (Å²) < 4.78 is 1.98. The molecular formula is C19H23N3O2S. The first-order valence-corrected chi connectivity index (χ1v) is 9.25. The first kappa shape index (κ1) is 17.6. The van der Waals surface area contributed by atoms with E-state index in [0.29, 0.717) is 10.8 Å². The smallest absolute Gasteiger partial charge is 0.261 e. The van der Waals surface area contributed by atoms with Gasteiger partial charge >= 0.3 is 0 Å². The van der Waals surface area contributed by atoms with Gasteiger partial charge < -0.3 is 10.4 Å². The number of carbonyl (C=O) groups is 1. The number of nitrogens with zero attached hydrogens (tertiary/aromatic N) is 2. The third-order valence-electron chi connectivity index (χ3n) is 4.01. The Bertz CT molecular complexity index is 868. The molecule has 0 saturated carbocycles. The number of aliphatic hydroxyl groups excluding tert-OH is 1. The van der Waals surface area contributed by atoms with Crippen LogP contribution in [0.25, 0.3) is 10.2 Å². The van der Waals surface area contributed by atoms with E-state index < -0.39 is 6.10 Å². The number of hydrogen-bond acceptors (Lipinski definition) is 4. The summed E-state index contributed by atoms with van der Waals surface area (Å²) in [5.41, 5.74) is 1.73. The van der Waals surface area contributed by atoms with Gasteiger partial charge in [0.2, 0.25) is 0 Å². The van der Waals surface area contributed by atoms with Crippen LogP contribution in [0.3, 0.4) is 0 Å². The minimum atomic E-state index is -0.710. The molecule has 0 saturated heterocycles. The normalized spacial score (nSPS) is 12.7. The second kappa shape index (κ2) is 7.37. The second-order valence-electron chi connectivity index (χ2n) is 6.63. The van der Waals surface area contributed by atoms with Crippen LogP contribution < -0.4 is 5.32 Å². The average molecular weight is 357 g/mol. The highest BCUT2D eigenvalue weighted by atomic mass is 32.1. The number of amides is 1. The van der Waals surface area contributed by atoms with Crippen molar-refractivity contribution in [1.29, 1.82) is 0 Å². The van der Waals surface area contributed by atoms with E-state index in [1.54, 1.807) is 0 Å². The van der Waals surface area contributed by atoms with Crippen LogP contribution in [0.15, 0.2) is 36.4 Å². The van der Waals surface area contributed by atoms with Gasteiger partial charge in [0.25, 0.3) is 5.91 Å². The number of carbonyl (C=O) groups excluding carboxylic acids is 1. The summed E-state index contributed by atoms with van der Waals surface area (Å²) in [5, 5.41) is 18.6. The zero-order chi connectivity index (χ0) is 18.0. The van der Waals surface area contributed by atoms with E-state index in [9.17, 15) is 9.90 Å². The maximum atomic E-state index is 12.5. The molecule has 5 nitrogen and oxygen atoms in total. The number of aromatic nitrogens is 2. The lowest BCUT2D eigenvalue weighted by Crippen LogP contribution is -2.27. The van der Waals surface area contributed by atoms with Gasteiger partial charge in [-0.25, -0.2) is 0 Å². The van der Waals surface area contributed by atoms with Crippen molar-refractivity contribution in [2.75, 3.05) is 6.54 Å². The van der Waals surface area contributed by atoms with E-state index in [4.69, 9.17) is 0 Å². The second-order valence-corrected chi connectivity index (χ2v) is 7.66. The van der Waals surface area contributed by atoms with Crippen molar-refractivity contribution in [3.05, 3.63) is 52.5 Å². The number of nitrogens with one attached hydrogen (secondary N) is 1. The van der Waals surface area contributed by atoms with Gasteiger partial charge in [-0.05, 0) is 24.5 Å². The van der Waals surface area contributed by atoms with Crippen molar-refractivity contribution >= 4 is 27.5 Å². The van der Waals surface area contributed by atoms with E-state index >= 15 is 0 Å². The standard InChI is InChI=1S/C19H23N3O2S/c1-12(2)11-22-19-15(13(3)21-22)9-17(25-19)18(24)20-10-16(23)14-7-5-4-6-8-14/h4-9,12,16,23H,10-11H2,1-3H3,(H,20,24)/t16-/m1/s1. The molecule has 0 unspecified atom stereocenters. The van der Waals surface area contributed by atoms with E-state index in [1.807, 2.05) is 48.0 Å². The first-order valence-electron chi connectivity index (χ1n) is 8.44. The van der Waals surface area contributed by atoms with Gasteiger partial charge in [0.1, 0.15) is 4.83 Å². The summed E-state index contributed by atoms with van der Waals surface area (Å²) in [4.78, 5) is 14.1. The van der Waals surface area contributed by atoms with Crippen LogP contribution >= 0.6 is 11.3 Å². The highest BCUT2D eigenvalue weighted by molar-refractivity contribution is 7.20. The predicted molar refractivity (Wildman–Crippen MR) is 101 cm³/mol. The van der Waals surface area contributed by atoms with Crippen molar-refractivity contribution < 1.29 is 9.90 Å². The maximum Gasteiger partial charge on any atom is 0.261 e. The highest BCUT2D eigenvalue weighted by Crippen LogP contribution is 2.29. The molecule has 2 aromatic heterocycles. The van der Waals surface area contributed by atoms with Crippen molar-refractivity contribution in [2.45, 2.75) is 33.4 Å². The topological polar surface area (TPSA) is 67.2 Å². The lowest BCUT2D eigenvalue weighted by atomic mass is 10.1. The molecule has 0 aliphatic heterocycles. The number of rotatable bonds is 6. The van der Waals surface area contributed by atoms with Crippen LogP contribution in [-0.2, 0) is 6.54 Å². The van der Waals surface area contributed by atoms with Crippen LogP contribution in [0.2, 0.25) is 0 Å². The molecular weight excluding hydrogens is 334 g/mol. The molecule has 0 spiro atoms. The molecule has 132 valence electrons. The number of thiophene rings is 1. The molecule has 3 rings (SSSR count). The van der Waals surface area contributed by atoms with Crippen LogP contribution in [0, 0.1) is 12.8 Å². The lowest BCUT2D eigenvalue weighted by molar-refractivity contribution is 0.0920. The number of hydrogen-bond donors (Lipinski definition) is 2.